The smallest absolute Gasteiger partial charge is 0.261 e. The van der Waals surface area contributed by atoms with Crippen LogP contribution >= 0.6 is 0 Å². The summed E-state index contributed by atoms with van der Waals surface area (Å²) >= 11 is 0. The Kier molecular flexibility index (Phi) is 5.61. The molecule has 2 N–H and O–H groups in total. The Balaban J connectivity index is 1.69. The third-order valence-electron chi connectivity index (χ3n) is 3.70. The number of ether oxygens (including phenoxy) is 1. The van der Waals surface area contributed by atoms with E-state index in [2.05, 4.69) is 10.0 Å². The lowest BCUT2D eigenvalue weighted by atomic mass is 10.2. The van der Waals surface area contributed by atoms with E-state index in [1.54, 1.807) is 48.5 Å². The number of nitrogens with one attached hydrogen (secondary N) is 2. The Morgan fingerprint density at radius 3 is 2.19 bits per heavy atom. The molecule has 0 spiro atoms. The molecule has 0 aromatic heterocycles. The zero-order valence-corrected chi connectivity index (χ0v) is 15.5. The van der Waals surface area contributed by atoms with Crippen molar-refractivity contribution in [2.24, 2.45) is 0 Å². The molecule has 0 fully saturated rings. The van der Waals surface area contributed by atoms with E-state index in [4.69, 9.17) is 4.74 Å². The van der Waals surface area contributed by atoms with E-state index in [0.29, 0.717) is 29.4 Å². The van der Waals surface area contributed by atoms with Gasteiger partial charge in [-0.15, -0.1) is 0 Å². The second-order valence-corrected chi connectivity index (χ2v) is 7.41. The molecule has 0 aliphatic rings. The summed E-state index contributed by atoms with van der Waals surface area (Å²) in [7, 11) is -3.70. The van der Waals surface area contributed by atoms with Gasteiger partial charge in [0.2, 0.25) is 0 Å². The summed E-state index contributed by atoms with van der Waals surface area (Å²) in [6.45, 7) is 2.37. The number of sulfonamides is 1. The van der Waals surface area contributed by atoms with Crippen LogP contribution in [0.4, 0.5) is 21.5 Å². The Labute approximate surface area is 157 Å². The summed E-state index contributed by atoms with van der Waals surface area (Å²) in [4.78, 5) is 0.146. The molecular weight excluding hydrogens is 367 g/mol. The molecule has 0 heterocycles. The first-order valence-electron chi connectivity index (χ1n) is 8.34. The van der Waals surface area contributed by atoms with E-state index in [9.17, 15) is 12.8 Å². The average molecular weight is 386 g/mol. The van der Waals surface area contributed by atoms with Gasteiger partial charge in [0.05, 0.1) is 11.5 Å². The number of anilines is 3. The Morgan fingerprint density at radius 2 is 1.56 bits per heavy atom. The van der Waals surface area contributed by atoms with E-state index in [1.165, 1.54) is 24.3 Å². The molecule has 0 radical (unpaired) electrons. The summed E-state index contributed by atoms with van der Waals surface area (Å²) in [5, 5.41) is 3.05. The third-order valence-corrected chi connectivity index (χ3v) is 5.09. The molecule has 0 amide bonds. The first-order chi connectivity index (χ1) is 13.0. The minimum Gasteiger partial charge on any atom is -0.494 e. The summed E-state index contributed by atoms with van der Waals surface area (Å²) in [6.07, 6.45) is 0. The van der Waals surface area contributed by atoms with Crippen molar-refractivity contribution in [1.29, 1.82) is 0 Å². The normalized spacial score (nSPS) is 11.0. The molecule has 0 saturated carbocycles. The topological polar surface area (TPSA) is 67.4 Å². The van der Waals surface area contributed by atoms with Crippen molar-refractivity contribution in [3.05, 3.63) is 78.6 Å². The van der Waals surface area contributed by atoms with E-state index in [1.807, 2.05) is 6.92 Å². The van der Waals surface area contributed by atoms with Gasteiger partial charge in [0.15, 0.2) is 0 Å². The Morgan fingerprint density at radius 1 is 0.889 bits per heavy atom. The molecule has 0 aliphatic heterocycles. The second kappa shape index (κ2) is 8.09. The second-order valence-electron chi connectivity index (χ2n) is 5.72. The Bertz CT molecular complexity index is 1000. The van der Waals surface area contributed by atoms with Crippen molar-refractivity contribution >= 4 is 27.1 Å². The lowest BCUT2D eigenvalue weighted by Crippen LogP contribution is -2.12. The van der Waals surface area contributed by atoms with E-state index in [-0.39, 0.29) is 10.7 Å². The molecule has 140 valence electrons. The van der Waals surface area contributed by atoms with Crippen LogP contribution in [0, 0.1) is 5.82 Å². The predicted molar refractivity (Wildman–Crippen MR) is 105 cm³/mol. The molecule has 0 unspecified atom stereocenters. The SMILES string of the molecule is CCOc1ccc(S(=O)(=O)Nc2ccc(Nc3cccc(F)c3)cc2)cc1. The molecule has 0 aliphatic carbocycles. The van der Waals surface area contributed by atoms with Gasteiger partial charge in [0, 0.05) is 17.1 Å². The number of hydrogen-bond donors (Lipinski definition) is 2. The largest absolute Gasteiger partial charge is 0.494 e. The lowest BCUT2D eigenvalue weighted by Gasteiger charge is -2.11. The monoisotopic (exact) mass is 386 g/mol. The van der Waals surface area contributed by atoms with Gasteiger partial charge in [-0.05, 0) is 73.7 Å². The van der Waals surface area contributed by atoms with Gasteiger partial charge in [-0.2, -0.15) is 0 Å². The fourth-order valence-electron chi connectivity index (χ4n) is 2.45. The highest BCUT2D eigenvalue weighted by molar-refractivity contribution is 7.92. The molecule has 27 heavy (non-hydrogen) atoms. The molecule has 7 heteroatoms. The standard InChI is InChI=1S/C20H19FN2O3S/c1-2-26-19-10-12-20(13-11-19)27(24,25)23-17-8-6-16(7-9-17)22-18-5-3-4-15(21)14-18/h3-14,22-23H,2H2,1H3. The van der Waals surface area contributed by atoms with Crippen LogP contribution in [0.25, 0.3) is 0 Å². The van der Waals surface area contributed by atoms with Gasteiger partial charge in [-0.1, -0.05) is 6.07 Å². The van der Waals surface area contributed by atoms with Crippen LogP contribution < -0.4 is 14.8 Å². The minimum atomic E-state index is -3.70. The van der Waals surface area contributed by atoms with Crippen LogP contribution in [0.2, 0.25) is 0 Å². The zero-order chi connectivity index (χ0) is 19.3. The summed E-state index contributed by atoms with van der Waals surface area (Å²) in [5.41, 5.74) is 1.75. The van der Waals surface area contributed by atoms with Crippen molar-refractivity contribution in [1.82, 2.24) is 0 Å². The number of halogens is 1. The maximum atomic E-state index is 13.2. The van der Waals surface area contributed by atoms with Crippen LogP contribution in [0.1, 0.15) is 6.92 Å². The molecule has 3 aromatic rings. The summed E-state index contributed by atoms with van der Waals surface area (Å²) < 4.78 is 46.0. The number of hydrogen-bond acceptors (Lipinski definition) is 4. The van der Waals surface area contributed by atoms with Gasteiger partial charge in [0.25, 0.3) is 10.0 Å². The quantitative estimate of drug-likeness (QED) is 0.614. The van der Waals surface area contributed by atoms with Gasteiger partial charge in [-0.25, -0.2) is 12.8 Å². The summed E-state index contributed by atoms with van der Waals surface area (Å²) in [5.74, 6) is 0.281. The number of rotatable bonds is 7. The maximum Gasteiger partial charge on any atom is 0.261 e. The maximum absolute atomic E-state index is 13.2. The van der Waals surface area contributed by atoms with E-state index < -0.39 is 10.0 Å². The van der Waals surface area contributed by atoms with Gasteiger partial charge in [0.1, 0.15) is 11.6 Å². The first kappa shape index (κ1) is 18.7. The van der Waals surface area contributed by atoms with Crippen molar-refractivity contribution in [2.45, 2.75) is 11.8 Å². The van der Waals surface area contributed by atoms with Crippen LogP contribution in [-0.2, 0) is 10.0 Å². The fourth-order valence-corrected chi connectivity index (χ4v) is 3.51. The van der Waals surface area contributed by atoms with Crippen molar-refractivity contribution < 1.29 is 17.5 Å². The number of benzene rings is 3. The Hall–Kier alpha value is -3.06. The zero-order valence-electron chi connectivity index (χ0n) is 14.6. The van der Waals surface area contributed by atoms with Gasteiger partial charge in [-0.3, -0.25) is 4.72 Å². The average Bonchev–Trinajstić information content (AvgIpc) is 2.64. The van der Waals surface area contributed by atoms with Crippen LogP contribution in [-0.4, -0.2) is 15.0 Å². The van der Waals surface area contributed by atoms with Crippen molar-refractivity contribution in [3.8, 4) is 5.75 Å². The highest BCUT2D eigenvalue weighted by Crippen LogP contribution is 2.22. The fraction of sp³-hybridized carbons (Fsp3) is 0.100. The molecule has 0 bridgehead atoms. The minimum absolute atomic E-state index is 0.146. The van der Waals surface area contributed by atoms with Crippen LogP contribution in [0.3, 0.4) is 0 Å². The highest BCUT2D eigenvalue weighted by atomic mass is 32.2. The first-order valence-corrected chi connectivity index (χ1v) is 9.83. The van der Waals surface area contributed by atoms with E-state index in [0.717, 1.165) is 0 Å². The molecular formula is C20H19FN2O3S. The van der Waals surface area contributed by atoms with Crippen LogP contribution in [0.5, 0.6) is 5.75 Å². The molecule has 3 aromatic carbocycles. The molecule has 5 nitrogen and oxygen atoms in total. The molecule has 0 saturated heterocycles. The van der Waals surface area contributed by atoms with Crippen molar-refractivity contribution in [3.63, 3.8) is 0 Å². The summed E-state index contributed by atoms with van der Waals surface area (Å²) in [6, 6.07) is 19.0. The molecule has 0 atom stereocenters. The van der Waals surface area contributed by atoms with Gasteiger partial charge >= 0.3 is 0 Å². The van der Waals surface area contributed by atoms with Crippen LogP contribution in [0.15, 0.2) is 77.7 Å². The van der Waals surface area contributed by atoms with Crippen molar-refractivity contribution in [2.75, 3.05) is 16.6 Å². The lowest BCUT2D eigenvalue weighted by molar-refractivity contribution is 0.340. The predicted octanol–water partition coefficient (Wildman–Crippen LogP) is 4.77. The van der Waals surface area contributed by atoms with Gasteiger partial charge < -0.3 is 10.1 Å². The highest BCUT2D eigenvalue weighted by Gasteiger charge is 2.14. The molecule has 3 rings (SSSR count). The third kappa shape index (κ3) is 4.98. The van der Waals surface area contributed by atoms with E-state index >= 15 is 0 Å².